The number of nitrogens with one attached hydrogen (secondary N) is 1. The quantitative estimate of drug-likeness (QED) is 0.630. The fourth-order valence-corrected chi connectivity index (χ4v) is 2.71. The van der Waals surface area contributed by atoms with Crippen molar-refractivity contribution in [2.45, 2.75) is 13.1 Å². The molecule has 1 atom stereocenters. The molecule has 0 amide bonds. The van der Waals surface area contributed by atoms with Crippen molar-refractivity contribution in [2.75, 3.05) is 26.8 Å². The zero-order valence-electron chi connectivity index (χ0n) is 11.3. The van der Waals surface area contributed by atoms with E-state index in [0.717, 1.165) is 44.1 Å². The summed E-state index contributed by atoms with van der Waals surface area (Å²) in [7, 11) is 1.71. The fourth-order valence-electron chi connectivity index (χ4n) is 2.71. The third-order valence-corrected chi connectivity index (χ3v) is 3.78. The maximum absolute atomic E-state index is 10.8. The minimum Gasteiger partial charge on any atom is -0.379 e. The van der Waals surface area contributed by atoms with Gasteiger partial charge in [0.15, 0.2) is 5.82 Å². The first-order valence-electron chi connectivity index (χ1n) is 6.65. The van der Waals surface area contributed by atoms with Gasteiger partial charge in [-0.1, -0.05) is 0 Å². The van der Waals surface area contributed by atoms with Gasteiger partial charge in [-0.05, 0) is 6.07 Å². The zero-order chi connectivity index (χ0) is 14.1. The van der Waals surface area contributed by atoms with Crippen molar-refractivity contribution in [1.29, 1.82) is 0 Å². The van der Waals surface area contributed by atoms with Crippen LogP contribution in [0.25, 0.3) is 11.0 Å². The summed E-state index contributed by atoms with van der Waals surface area (Å²) in [6.45, 7) is 4.45. The molecule has 3 rings (SSSR count). The van der Waals surface area contributed by atoms with E-state index in [1.54, 1.807) is 25.3 Å². The molecule has 1 aliphatic heterocycles. The van der Waals surface area contributed by atoms with Crippen LogP contribution in [0.3, 0.4) is 0 Å². The maximum Gasteiger partial charge on any atom is 0.271 e. The van der Waals surface area contributed by atoms with Crippen molar-refractivity contribution in [2.24, 2.45) is 0 Å². The number of hydrogen-bond donors (Lipinski definition) is 1. The Morgan fingerprint density at radius 2 is 2.40 bits per heavy atom. The lowest BCUT2D eigenvalue weighted by molar-refractivity contribution is -0.918. The van der Waals surface area contributed by atoms with Crippen LogP contribution in [0.1, 0.15) is 5.82 Å². The summed E-state index contributed by atoms with van der Waals surface area (Å²) < 4.78 is 7.27. The number of nitro benzene ring substituents is 1. The molecule has 1 N–H and O–H groups in total. The van der Waals surface area contributed by atoms with Gasteiger partial charge in [0.2, 0.25) is 0 Å². The molecule has 1 aromatic heterocycles. The number of rotatable bonds is 4. The highest BCUT2D eigenvalue weighted by Gasteiger charge is 2.23. The number of ether oxygens (including phenoxy) is 1. The second-order valence-corrected chi connectivity index (χ2v) is 5.03. The number of benzene rings is 1. The van der Waals surface area contributed by atoms with Gasteiger partial charge in [-0.25, -0.2) is 4.98 Å². The van der Waals surface area contributed by atoms with Crippen molar-refractivity contribution in [3.63, 3.8) is 0 Å². The van der Waals surface area contributed by atoms with Crippen molar-refractivity contribution in [3.8, 4) is 0 Å². The molecule has 20 heavy (non-hydrogen) atoms. The van der Waals surface area contributed by atoms with Gasteiger partial charge in [0.05, 0.1) is 35.7 Å². The third-order valence-electron chi connectivity index (χ3n) is 3.78. The highest BCUT2D eigenvalue weighted by Crippen LogP contribution is 2.22. The van der Waals surface area contributed by atoms with Gasteiger partial charge in [-0.15, -0.1) is 0 Å². The Morgan fingerprint density at radius 3 is 3.15 bits per heavy atom. The number of imidazole rings is 1. The largest absolute Gasteiger partial charge is 0.379 e. The summed E-state index contributed by atoms with van der Waals surface area (Å²) in [5.74, 6) is 0.998. The SMILES string of the molecule is COCC[NH+]1CCn2c(nc3cc([N+](=O)[O-])ccc32)C1. The van der Waals surface area contributed by atoms with Gasteiger partial charge in [0.25, 0.3) is 5.69 Å². The van der Waals surface area contributed by atoms with Crippen LogP contribution in [0, 0.1) is 10.1 Å². The van der Waals surface area contributed by atoms with E-state index in [2.05, 4.69) is 9.55 Å². The lowest BCUT2D eigenvalue weighted by Gasteiger charge is -2.24. The Morgan fingerprint density at radius 1 is 1.55 bits per heavy atom. The van der Waals surface area contributed by atoms with E-state index >= 15 is 0 Å². The second kappa shape index (κ2) is 5.18. The Balaban J connectivity index is 1.91. The molecule has 0 fully saturated rings. The maximum atomic E-state index is 10.8. The molecule has 0 radical (unpaired) electrons. The molecule has 0 aliphatic carbocycles. The van der Waals surface area contributed by atoms with E-state index in [1.165, 1.54) is 4.90 Å². The predicted molar refractivity (Wildman–Crippen MR) is 72.7 cm³/mol. The monoisotopic (exact) mass is 277 g/mol. The Kier molecular flexibility index (Phi) is 3.37. The molecule has 1 unspecified atom stereocenters. The van der Waals surface area contributed by atoms with Gasteiger partial charge in [0.1, 0.15) is 13.1 Å². The Labute approximate surface area is 115 Å². The van der Waals surface area contributed by atoms with E-state index < -0.39 is 0 Å². The summed E-state index contributed by atoms with van der Waals surface area (Å²) >= 11 is 0. The summed E-state index contributed by atoms with van der Waals surface area (Å²) in [5, 5.41) is 10.8. The molecule has 2 aromatic rings. The topological polar surface area (TPSA) is 74.6 Å². The molecule has 0 saturated carbocycles. The molecule has 0 saturated heterocycles. The molecule has 7 heteroatoms. The lowest BCUT2D eigenvalue weighted by Crippen LogP contribution is -3.12. The van der Waals surface area contributed by atoms with Crippen LogP contribution in [0.5, 0.6) is 0 Å². The highest BCUT2D eigenvalue weighted by atomic mass is 16.6. The zero-order valence-corrected chi connectivity index (χ0v) is 11.3. The fraction of sp³-hybridized carbons (Fsp3) is 0.462. The normalized spacial score (nSPS) is 18.1. The van der Waals surface area contributed by atoms with E-state index in [1.807, 2.05) is 0 Å². The minimum atomic E-state index is -0.381. The number of aromatic nitrogens is 2. The summed E-state index contributed by atoms with van der Waals surface area (Å²) in [6.07, 6.45) is 0. The highest BCUT2D eigenvalue weighted by molar-refractivity contribution is 5.78. The smallest absolute Gasteiger partial charge is 0.271 e. The minimum absolute atomic E-state index is 0.0940. The first-order chi connectivity index (χ1) is 9.69. The number of nitrogens with zero attached hydrogens (tertiary/aromatic N) is 3. The van der Waals surface area contributed by atoms with Crippen molar-refractivity contribution >= 4 is 16.7 Å². The third kappa shape index (κ3) is 2.25. The number of methoxy groups -OCH3 is 1. The standard InChI is InChI=1S/C13H16N4O3/c1-20-7-6-15-4-5-16-12-3-2-10(17(18)19)8-11(12)14-13(16)9-15/h2-3,8H,4-7,9H2,1H3/p+1. The van der Waals surface area contributed by atoms with Crippen LogP contribution in [-0.4, -0.2) is 41.3 Å². The number of quaternary nitrogens is 1. The molecule has 0 spiro atoms. The Hall–Kier alpha value is -1.99. The number of fused-ring (bicyclic) bond motifs is 3. The molecule has 2 heterocycles. The molecule has 1 aromatic carbocycles. The van der Waals surface area contributed by atoms with E-state index in [0.29, 0.717) is 5.52 Å². The van der Waals surface area contributed by atoms with Crippen LogP contribution in [0.4, 0.5) is 5.69 Å². The lowest BCUT2D eigenvalue weighted by atomic mass is 10.2. The first-order valence-corrected chi connectivity index (χ1v) is 6.65. The van der Waals surface area contributed by atoms with Crippen LogP contribution in [0.2, 0.25) is 0 Å². The van der Waals surface area contributed by atoms with Gasteiger partial charge >= 0.3 is 0 Å². The summed E-state index contributed by atoms with van der Waals surface area (Å²) in [5.41, 5.74) is 1.79. The predicted octanol–water partition coefficient (Wildman–Crippen LogP) is -0.0106. The number of non-ortho nitro benzene ring substituents is 1. The van der Waals surface area contributed by atoms with E-state index in [4.69, 9.17) is 4.74 Å². The van der Waals surface area contributed by atoms with E-state index in [-0.39, 0.29) is 10.6 Å². The molecular formula is C13H17N4O3+. The van der Waals surface area contributed by atoms with Crippen molar-refractivity contribution < 1.29 is 14.6 Å². The molecule has 7 nitrogen and oxygen atoms in total. The van der Waals surface area contributed by atoms with Gasteiger partial charge in [0, 0.05) is 19.2 Å². The Bertz CT molecular complexity index is 652. The first kappa shape index (κ1) is 13.0. The summed E-state index contributed by atoms with van der Waals surface area (Å²) in [4.78, 5) is 16.4. The van der Waals surface area contributed by atoms with Crippen LogP contribution >= 0.6 is 0 Å². The molecule has 106 valence electrons. The average Bonchev–Trinajstić information content (AvgIpc) is 2.81. The molecule has 0 bridgehead atoms. The molecule has 1 aliphatic rings. The average molecular weight is 277 g/mol. The summed E-state index contributed by atoms with van der Waals surface area (Å²) in [6, 6.07) is 4.89. The second-order valence-electron chi connectivity index (χ2n) is 5.03. The van der Waals surface area contributed by atoms with Gasteiger partial charge < -0.3 is 14.2 Å². The molecular weight excluding hydrogens is 260 g/mol. The van der Waals surface area contributed by atoms with Crippen molar-refractivity contribution in [3.05, 3.63) is 34.1 Å². The number of nitro groups is 1. The van der Waals surface area contributed by atoms with Crippen LogP contribution in [0.15, 0.2) is 18.2 Å². The van der Waals surface area contributed by atoms with Crippen LogP contribution in [-0.2, 0) is 17.8 Å². The van der Waals surface area contributed by atoms with Crippen molar-refractivity contribution in [1.82, 2.24) is 9.55 Å². The van der Waals surface area contributed by atoms with Gasteiger partial charge in [-0.3, -0.25) is 10.1 Å². The number of hydrogen-bond acceptors (Lipinski definition) is 4. The van der Waals surface area contributed by atoms with E-state index in [9.17, 15) is 10.1 Å². The van der Waals surface area contributed by atoms with Gasteiger partial charge in [-0.2, -0.15) is 0 Å². The van der Waals surface area contributed by atoms with Crippen LogP contribution < -0.4 is 4.90 Å².